The zero-order valence-electron chi connectivity index (χ0n) is 12.5. The Morgan fingerprint density at radius 1 is 1.19 bits per heavy atom. The molecule has 2 aromatic carbocycles. The Kier molecular flexibility index (Phi) is 4.82. The van der Waals surface area contributed by atoms with E-state index in [1.54, 1.807) is 19.2 Å². The minimum atomic E-state index is -0.125. The fraction of sp³-hybridized carbons (Fsp3) is 0.235. The van der Waals surface area contributed by atoms with Crippen LogP contribution in [-0.4, -0.2) is 26.5 Å². The molecule has 0 radical (unpaired) electrons. The summed E-state index contributed by atoms with van der Waals surface area (Å²) in [5.74, 6) is -0.125. The highest BCUT2D eigenvalue weighted by molar-refractivity contribution is 5.96. The number of benzene rings is 2. The van der Waals surface area contributed by atoms with Crippen molar-refractivity contribution < 1.29 is 4.79 Å². The number of hydrogen-bond donors (Lipinski definition) is 2. The highest BCUT2D eigenvalue weighted by atomic mass is 16.1. The Bertz CT molecular complexity index is 611. The lowest BCUT2D eigenvalue weighted by atomic mass is 10.1. The van der Waals surface area contributed by atoms with E-state index in [4.69, 9.17) is 5.73 Å². The van der Waals surface area contributed by atoms with Crippen LogP contribution in [0.4, 0.5) is 11.4 Å². The molecule has 2 rings (SSSR count). The second-order valence-corrected chi connectivity index (χ2v) is 5.01. The smallest absolute Gasteiger partial charge is 0.251 e. The van der Waals surface area contributed by atoms with Crippen molar-refractivity contribution in [2.75, 3.05) is 31.3 Å². The Balaban J connectivity index is 2.05. The van der Waals surface area contributed by atoms with Gasteiger partial charge >= 0.3 is 0 Å². The fourth-order valence-electron chi connectivity index (χ4n) is 2.25. The van der Waals surface area contributed by atoms with Crippen LogP contribution in [0, 0.1) is 0 Å². The lowest BCUT2D eigenvalue weighted by Crippen LogP contribution is -2.22. The molecule has 2 aromatic rings. The maximum absolute atomic E-state index is 11.6. The van der Waals surface area contributed by atoms with E-state index in [-0.39, 0.29) is 5.91 Å². The Morgan fingerprint density at radius 2 is 1.90 bits per heavy atom. The third-order valence-corrected chi connectivity index (χ3v) is 3.51. The number of rotatable bonds is 5. The number of carbonyl (C=O) groups excluding carboxylic acids is 1. The lowest BCUT2D eigenvalue weighted by Gasteiger charge is -2.21. The number of anilines is 2. The number of carbonyl (C=O) groups is 1. The van der Waals surface area contributed by atoms with Gasteiger partial charge in [-0.25, -0.2) is 0 Å². The number of likely N-dealkylation sites (N-methyl/N-ethyl adjacent to an activating group) is 1. The molecule has 4 heteroatoms. The van der Waals surface area contributed by atoms with E-state index in [1.165, 1.54) is 5.56 Å². The average molecular weight is 283 g/mol. The number of nitrogens with two attached hydrogens (primary N) is 1. The summed E-state index contributed by atoms with van der Waals surface area (Å²) in [6.07, 6.45) is 0.952. The molecule has 0 fully saturated rings. The molecule has 0 saturated carbocycles. The third kappa shape index (κ3) is 3.75. The Hall–Kier alpha value is -2.49. The summed E-state index contributed by atoms with van der Waals surface area (Å²) in [6, 6.07) is 15.7. The predicted molar refractivity (Wildman–Crippen MR) is 87.7 cm³/mol. The molecule has 0 atom stereocenters. The van der Waals surface area contributed by atoms with E-state index in [0.29, 0.717) is 11.3 Å². The highest BCUT2D eigenvalue weighted by Gasteiger charge is 2.09. The van der Waals surface area contributed by atoms with Crippen LogP contribution in [0.2, 0.25) is 0 Å². The molecule has 0 spiro atoms. The fourth-order valence-corrected chi connectivity index (χ4v) is 2.25. The zero-order valence-corrected chi connectivity index (χ0v) is 12.5. The molecular formula is C17H21N3O. The van der Waals surface area contributed by atoms with Gasteiger partial charge in [0.25, 0.3) is 5.91 Å². The van der Waals surface area contributed by atoms with Crippen LogP contribution in [0.1, 0.15) is 15.9 Å². The Labute approximate surface area is 125 Å². The van der Waals surface area contributed by atoms with Gasteiger partial charge in [0.05, 0.1) is 11.4 Å². The van der Waals surface area contributed by atoms with E-state index >= 15 is 0 Å². The van der Waals surface area contributed by atoms with E-state index < -0.39 is 0 Å². The van der Waals surface area contributed by atoms with E-state index in [0.717, 1.165) is 18.7 Å². The number of amides is 1. The predicted octanol–water partition coefficient (Wildman–Crippen LogP) is 2.31. The molecule has 0 heterocycles. The molecular weight excluding hydrogens is 262 g/mol. The average Bonchev–Trinajstić information content (AvgIpc) is 2.52. The van der Waals surface area contributed by atoms with Gasteiger partial charge in [0.15, 0.2) is 0 Å². The number of nitrogens with zero attached hydrogens (tertiary/aromatic N) is 1. The quantitative estimate of drug-likeness (QED) is 0.828. The minimum Gasteiger partial charge on any atom is -0.397 e. The van der Waals surface area contributed by atoms with Crippen molar-refractivity contribution >= 4 is 17.3 Å². The lowest BCUT2D eigenvalue weighted by molar-refractivity contribution is 0.0963. The van der Waals surface area contributed by atoms with Crippen molar-refractivity contribution in [3.8, 4) is 0 Å². The second-order valence-electron chi connectivity index (χ2n) is 5.01. The molecule has 0 aliphatic heterocycles. The van der Waals surface area contributed by atoms with Gasteiger partial charge in [0, 0.05) is 26.2 Å². The van der Waals surface area contributed by atoms with Crippen molar-refractivity contribution in [2.24, 2.45) is 0 Å². The van der Waals surface area contributed by atoms with E-state index in [9.17, 15) is 4.79 Å². The number of hydrogen-bond acceptors (Lipinski definition) is 3. The van der Waals surface area contributed by atoms with Gasteiger partial charge in [-0.3, -0.25) is 4.79 Å². The molecule has 1 amide bonds. The van der Waals surface area contributed by atoms with Gasteiger partial charge in [-0.15, -0.1) is 0 Å². The summed E-state index contributed by atoms with van der Waals surface area (Å²) < 4.78 is 0. The van der Waals surface area contributed by atoms with Gasteiger partial charge in [-0.1, -0.05) is 30.3 Å². The van der Waals surface area contributed by atoms with E-state index in [2.05, 4.69) is 22.3 Å². The third-order valence-electron chi connectivity index (χ3n) is 3.51. The highest BCUT2D eigenvalue weighted by Crippen LogP contribution is 2.23. The van der Waals surface area contributed by atoms with Crippen LogP contribution in [0.5, 0.6) is 0 Å². The normalized spacial score (nSPS) is 10.2. The zero-order chi connectivity index (χ0) is 15.2. The molecule has 0 saturated heterocycles. The van der Waals surface area contributed by atoms with Crippen molar-refractivity contribution in [3.05, 3.63) is 59.7 Å². The molecule has 110 valence electrons. The molecule has 0 unspecified atom stereocenters. The van der Waals surface area contributed by atoms with Crippen molar-refractivity contribution in [1.82, 2.24) is 5.32 Å². The van der Waals surface area contributed by atoms with Crippen LogP contribution in [0.15, 0.2) is 48.5 Å². The summed E-state index contributed by atoms with van der Waals surface area (Å²) in [5.41, 5.74) is 9.50. The summed E-state index contributed by atoms with van der Waals surface area (Å²) in [5, 5.41) is 2.60. The molecule has 21 heavy (non-hydrogen) atoms. The minimum absolute atomic E-state index is 0.125. The summed E-state index contributed by atoms with van der Waals surface area (Å²) in [4.78, 5) is 13.7. The first-order valence-corrected chi connectivity index (χ1v) is 6.98. The monoisotopic (exact) mass is 283 g/mol. The molecule has 0 aliphatic carbocycles. The Morgan fingerprint density at radius 3 is 2.52 bits per heavy atom. The van der Waals surface area contributed by atoms with Gasteiger partial charge < -0.3 is 16.0 Å². The van der Waals surface area contributed by atoms with Crippen molar-refractivity contribution in [2.45, 2.75) is 6.42 Å². The first-order valence-electron chi connectivity index (χ1n) is 6.98. The standard InChI is InChI=1S/C17H21N3O/c1-19-17(21)14-8-9-16(15(18)12-14)20(2)11-10-13-6-4-3-5-7-13/h3-9,12H,10-11,18H2,1-2H3,(H,19,21). The van der Waals surface area contributed by atoms with Crippen LogP contribution in [0.25, 0.3) is 0 Å². The first-order chi connectivity index (χ1) is 10.1. The molecule has 3 N–H and O–H groups in total. The van der Waals surface area contributed by atoms with Crippen LogP contribution < -0.4 is 16.0 Å². The maximum Gasteiger partial charge on any atom is 0.251 e. The molecule has 0 bridgehead atoms. The number of nitrogen functional groups attached to an aromatic ring is 1. The SMILES string of the molecule is CNC(=O)c1ccc(N(C)CCc2ccccc2)c(N)c1. The molecule has 0 aliphatic rings. The van der Waals surface area contributed by atoms with Crippen LogP contribution in [-0.2, 0) is 6.42 Å². The van der Waals surface area contributed by atoms with Crippen molar-refractivity contribution in [1.29, 1.82) is 0 Å². The largest absolute Gasteiger partial charge is 0.397 e. The van der Waals surface area contributed by atoms with Crippen LogP contribution in [0.3, 0.4) is 0 Å². The van der Waals surface area contributed by atoms with Gasteiger partial charge in [-0.2, -0.15) is 0 Å². The van der Waals surface area contributed by atoms with E-state index in [1.807, 2.05) is 31.3 Å². The summed E-state index contributed by atoms with van der Waals surface area (Å²) >= 11 is 0. The van der Waals surface area contributed by atoms with Gasteiger partial charge in [0.2, 0.25) is 0 Å². The van der Waals surface area contributed by atoms with Crippen molar-refractivity contribution in [3.63, 3.8) is 0 Å². The van der Waals surface area contributed by atoms with Gasteiger partial charge in [-0.05, 0) is 30.2 Å². The van der Waals surface area contributed by atoms with Gasteiger partial charge in [0.1, 0.15) is 0 Å². The topological polar surface area (TPSA) is 58.4 Å². The molecule has 0 aromatic heterocycles. The summed E-state index contributed by atoms with van der Waals surface area (Å²) in [7, 11) is 3.62. The second kappa shape index (κ2) is 6.79. The molecule has 4 nitrogen and oxygen atoms in total. The summed E-state index contributed by atoms with van der Waals surface area (Å²) in [6.45, 7) is 0.869. The van der Waals surface area contributed by atoms with Crippen LogP contribution >= 0.6 is 0 Å². The first kappa shape index (κ1) is 14.9. The number of nitrogens with one attached hydrogen (secondary N) is 1. The maximum atomic E-state index is 11.6.